The Kier molecular flexibility index (Phi) is 6.03. The van der Waals surface area contributed by atoms with Crippen LogP contribution in [0.25, 0.3) is 0 Å². The van der Waals surface area contributed by atoms with Crippen molar-refractivity contribution in [3.63, 3.8) is 0 Å². The summed E-state index contributed by atoms with van der Waals surface area (Å²) < 4.78 is 5.82. The Hall–Kier alpha value is -1.35. The van der Waals surface area contributed by atoms with Crippen LogP contribution in [0.15, 0.2) is 30.3 Å². The summed E-state index contributed by atoms with van der Waals surface area (Å²) in [5.41, 5.74) is 6.59. The van der Waals surface area contributed by atoms with Crippen LogP contribution < -0.4 is 5.73 Å². The summed E-state index contributed by atoms with van der Waals surface area (Å²) in [5, 5.41) is 7.50. The molecule has 0 heterocycles. The molecular weight excluding hydrogens is 236 g/mol. The van der Waals surface area contributed by atoms with E-state index in [1.165, 1.54) is 5.56 Å². The number of rotatable bonds is 8. The van der Waals surface area contributed by atoms with Gasteiger partial charge in [-0.1, -0.05) is 50.6 Å². The molecule has 0 bridgehead atoms. The zero-order valence-electron chi connectivity index (χ0n) is 12.3. The van der Waals surface area contributed by atoms with Crippen molar-refractivity contribution in [2.45, 2.75) is 46.1 Å². The predicted octanol–water partition coefficient (Wildman–Crippen LogP) is 3.90. The Balaban J connectivity index is 2.20. The Morgan fingerprint density at radius 2 is 1.89 bits per heavy atom. The van der Waals surface area contributed by atoms with Crippen molar-refractivity contribution in [1.29, 1.82) is 5.41 Å². The lowest BCUT2D eigenvalue weighted by molar-refractivity contribution is 0.0620. The van der Waals surface area contributed by atoms with Crippen molar-refractivity contribution < 1.29 is 4.74 Å². The highest BCUT2D eigenvalue weighted by Gasteiger charge is 2.20. The van der Waals surface area contributed by atoms with Gasteiger partial charge in [-0.2, -0.15) is 0 Å². The molecule has 3 nitrogen and oxygen atoms in total. The molecule has 19 heavy (non-hydrogen) atoms. The molecule has 0 saturated carbocycles. The minimum atomic E-state index is -0.189. The monoisotopic (exact) mass is 262 g/mol. The summed E-state index contributed by atoms with van der Waals surface area (Å²) in [6.07, 6.45) is 3.12. The van der Waals surface area contributed by atoms with Gasteiger partial charge in [0.1, 0.15) is 0 Å². The lowest BCUT2D eigenvalue weighted by Crippen LogP contribution is -2.30. The van der Waals surface area contributed by atoms with Crippen LogP contribution in [-0.4, -0.2) is 12.4 Å². The van der Waals surface area contributed by atoms with E-state index in [9.17, 15) is 0 Å². The summed E-state index contributed by atoms with van der Waals surface area (Å²) in [5.74, 6) is 0.270. The maximum Gasteiger partial charge on any atom is 0.0963 e. The van der Waals surface area contributed by atoms with Crippen LogP contribution in [0.2, 0.25) is 0 Å². The third kappa shape index (κ3) is 5.43. The first-order valence-electron chi connectivity index (χ1n) is 6.94. The SMILES string of the molecule is CC(OCCCCC(C)(C)C(=N)N)c1ccccc1. The van der Waals surface area contributed by atoms with Crippen molar-refractivity contribution in [2.75, 3.05) is 6.61 Å². The standard InChI is InChI=1S/C16H26N2O/c1-13(14-9-5-4-6-10-14)19-12-8-7-11-16(2,3)15(17)18/h4-6,9-10,13H,7-8,11-12H2,1-3H3,(H3,17,18). The summed E-state index contributed by atoms with van der Waals surface area (Å²) >= 11 is 0. The molecule has 1 aromatic rings. The van der Waals surface area contributed by atoms with E-state index in [1.54, 1.807) is 0 Å². The molecule has 0 fully saturated rings. The highest BCUT2D eigenvalue weighted by atomic mass is 16.5. The molecule has 0 spiro atoms. The van der Waals surface area contributed by atoms with E-state index in [1.807, 2.05) is 32.0 Å². The highest BCUT2D eigenvalue weighted by Crippen LogP contribution is 2.23. The average molecular weight is 262 g/mol. The maximum atomic E-state index is 7.50. The Labute approximate surface area is 116 Å². The second-order valence-corrected chi connectivity index (χ2v) is 5.68. The van der Waals surface area contributed by atoms with Crippen LogP contribution in [0.4, 0.5) is 0 Å². The second-order valence-electron chi connectivity index (χ2n) is 5.68. The molecule has 0 saturated heterocycles. The number of nitrogens with one attached hydrogen (secondary N) is 1. The number of unbranched alkanes of at least 4 members (excludes halogenated alkanes) is 1. The average Bonchev–Trinajstić information content (AvgIpc) is 2.38. The first-order valence-corrected chi connectivity index (χ1v) is 6.94. The van der Waals surface area contributed by atoms with Crippen LogP contribution in [0.1, 0.15) is 51.7 Å². The van der Waals surface area contributed by atoms with Gasteiger partial charge in [0.15, 0.2) is 0 Å². The van der Waals surface area contributed by atoms with Crippen molar-refractivity contribution in [3.05, 3.63) is 35.9 Å². The normalized spacial score (nSPS) is 13.2. The van der Waals surface area contributed by atoms with Crippen LogP contribution in [0.5, 0.6) is 0 Å². The summed E-state index contributed by atoms with van der Waals surface area (Å²) in [7, 11) is 0. The Bertz CT molecular complexity index is 387. The van der Waals surface area contributed by atoms with Gasteiger partial charge in [0.05, 0.1) is 11.9 Å². The molecule has 3 heteroatoms. The first-order chi connectivity index (χ1) is 8.93. The quantitative estimate of drug-likeness (QED) is 0.424. The van der Waals surface area contributed by atoms with E-state index >= 15 is 0 Å². The van der Waals surface area contributed by atoms with Crippen LogP contribution in [0.3, 0.4) is 0 Å². The number of benzene rings is 1. The molecule has 106 valence electrons. The predicted molar refractivity (Wildman–Crippen MR) is 80.4 cm³/mol. The molecule has 0 aliphatic heterocycles. The fourth-order valence-corrected chi connectivity index (χ4v) is 1.88. The molecule has 1 aromatic carbocycles. The first kappa shape index (κ1) is 15.7. The van der Waals surface area contributed by atoms with Gasteiger partial charge < -0.3 is 10.5 Å². The fourth-order valence-electron chi connectivity index (χ4n) is 1.88. The van der Waals surface area contributed by atoms with Gasteiger partial charge >= 0.3 is 0 Å². The van der Waals surface area contributed by atoms with Gasteiger partial charge in [0, 0.05) is 12.0 Å². The van der Waals surface area contributed by atoms with Crippen molar-refractivity contribution in [3.8, 4) is 0 Å². The summed E-state index contributed by atoms with van der Waals surface area (Å²) in [4.78, 5) is 0. The van der Waals surface area contributed by atoms with E-state index in [0.717, 1.165) is 25.9 Å². The number of nitrogens with two attached hydrogens (primary N) is 1. The van der Waals surface area contributed by atoms with Crippen LogP contribution in [0, 0.1) is 10.8 Å². The van der Waals surface area contributed by atoms with Gasteiger partial charge in [-0.3, -0.25) is 5.41 Å². The molecule has 1 rings (SSSR count). The third-order valence-corrected chi connectivity index (χ3v) is 3.56. The van der Waals surface area contributed by atoms with E-state index in [2.05, 4.69) is 19.1 Å². The molecule has 0 aliphatic rings. The van der Waals surface area contributed by atoms with E-state index in [4.69, 9.17) is 15.9 Å². The van der Waals surface area contributed by atoms with Gasteiger partial charge in [0.25, 0.3) is 0 Å². The zero-order chi connectivity index (χ0) is 14.3. The second kappa shape index (κ2) is 7.29. The molecule has 1 unspecified atom stereocenters. The molecule has 0 aliphatic carbocycles. The third-order valence-electron chi connectivity index (χ3n) is 3.56. The van der Waals surface area contributed by atoms with Crippen molar-refractivity contribution >= 4 is 5.84 Å². The van der Waals surface area contributed by atoms with Crippen molar-refractivity contribution in [1.82, 2.24) is 0 Å². The molecule has 0 radical (unpaired) electrons. The molecule has 0 amide bonds. The Morgan fingerprint density at radius 3 is 2.47 bits per heavy atom. The van der Waals surface area contributed by atoms with E-state index < -0.39 is 0 Å². The number of hydrogen-bond donors (Lipinski definition) is 2. The topological polar surface area (TPSA) is 59.1 Å². The molecule has 0 aromatic heterocycles. The Morgan fingerprint density at radius 1 is 1.26 bits per heavy atom. The molecular formula is C16H26N2O. The van der Waals surface area contributed by atoms with Gasteiger partial charge in [0.2, 0.25) is 0 Å². The van der Waals surface area contributed by atoms with Crippen LogP contribution >= 0.6 is 0 Å². The zero-order valence-corrected chi connectivity index (χ0v) is 12.3. The summed E-state index contributed by atoms with van der Waals surface area (Å²) in [6, 6.07) is 10.3. The maximum absolute atomic E-state index is 7.50. The van der Waals surface area contributed by atoms with E-state index in [0.29, 0.717) is 0 Å². The van der Waals surface area contributed by atoms with Gasteiger partial charge in [-0.05, 0) is 25.3 Å². The molecule has 3 N–H and O–H groups in total. The van der Waals surface area contributed by atoms with Gasteiger partial charge in [-0.25, -0.2) is 0 Å². The lowest BCUT2D eigenvalue weighted by Gasteiger charge is -2.22. The highest BCUT2D eigenvalue weighted by molar-refractivity contribution is 5.82. The largest absolute Gasteiger partial charge is 0.387 e. The minimum Gasteiger partial charge on any atom is -0.387 e. The van der Waals surface area contributed by atoms with Crippen LogP contribution in [-0.2, 0) is 4.74 Å². The minimum absolute atomic E-state index is 0.141. The summed E-state index contributed by atoms with van der Waals surface area (Å²) in [6.45, 7) is 6.87. The van der Waals surface area contributed by atoms with E-state index in [-0.39, 0.29) is 17.4 Å². The number of ether oxygens (including phenoxy) is 1. The fraction of sp³-hybridized carbons (Fsp3) is 0.562. The lowest BCUT2D eigenvalue weighted by atomic mass is 9.86. The smallest absolute Gasteiger partial charge is 0.0963 e. The van der Waals surface area contributed by atoms with Crippen molar-refractivity contribution in [2.24, 2.45) is 11.1 Å². The number of hydrogen-bond acceptors (Lipinski definition) is 2. The molecule has 1 atom stereocenters. The van der Waals surface area contributed by atoms with Gasteiger partial charge in [-0.15, -0.1) is 0 Å². The number of amidine groups is 1.